The van der Waals surface area contributed by atoms with Gasteiger partial charge in [-0.1, -0.05) is 30.3 Å². The second kappa shape index (κ2) is 5.13. The van der Waals surface area contributed by atoms with Crippen molar-refractivity contribution in [2.24, 2.45) is 0 Å². The number of hydrogen-bond acceptors (Lipinski definition) is 3. The van der Waals surface area contributed by atoms with Gasteiger partial charge in [0.2, 0.25) is 0 Å². The van der Waals surface area contributed by atoms with Crippen LogP contribution in [0.3, 0.4) is 0 Å². The third-order valence-electron chi connectivity index (χ3n) is 3.28. The molecule has 20 heavy (non-hydrogen) atoms. The molecule has 3 aromatic rings. The summed E-state index contributed by atoms with van der Waals surface area (Å²) in [6.45, 7) is 0. The van der Waals surface area contributed by atoms with E-state index in [0.29, 0.717) is 16.9 Å². The SMILES string of the molecule is COc1ccccc1C(=O)c1cccc2ccncc12. The molecule has 0 radical (unpaired) electrons. The van der Waals surface area contributed by atoms with Crippen molar-refractivity contribution in [3.63, 3.8) is 0 Å². The van der Waals surface area contributed by atoms with E-state index in [0.717, 1.165) is 10.8 Å². The Balaban J connectivity index is 2.18. The van der Waals surface area contributed by atoms with E-state index in [1.165, 1.54) is 0 Å². The van der Waals surface area contributed by atoms with Gasteiger partial charge in [0.25, 0.3) is 0 Å². The molecule has 1 aromatic heterocycles. The summed E-state index contributed by atoms with van der Waals surface area (Å²) in [6, 6.07) is 14.8. The number of fused-ring (bicyclic) bond motifs is 1. The van der Waals surface area contributed by atoms with Crippen molar-refractivity contribution in [3.8, 4) is 5.75 Å². The predicted molar refractivity (Wildman–Crippen MR) is 78.2 cm³/mol. The molecule has 0 amide bonds. The maximum absolute atomic E-state index is 12.7. The molecule has 0 spiro atoms. The van der Waals surface area contributed by atoms with Crippen LogP contribution in [0.25, 0.3) is 10.8 Å². The van der Waals surface area contributed by atoms with E-state index in [4.69, 9.17) is 4.74 Å². The number of carbonyl (C=O) groups excluding carboxylic acids is 1. The maximum Gasteiger partial charge on any atom is 0.197 e. The minimum atomic E-state index is -0.0546. The molecular formula is C17H13NO2. The number of carbonyl (C=O) groups is 1. The number of aromatic nitrogens is 1. The molecule has 1 heterocycles. The Morgan fingerprint density at radius 2 is 1.80 bits per heavy atom. The minimum Gasteiger partial charge on any atom is -0.496 e. The molecule has 0 atom stereocenters. The van der Waals surface area contributed by atoms with Crippen molar-refractivity contribution in [3.05, 3.63) is 72.1 Å². The summed E-state index contributed by atoms with van der Waals surface area (Å²) >= 11 is 0. The zero-order chi connectivity index (χ0) is 13.9. The molecule has 3 rings (SSSR count). The van der Waals surface area contributed by atoms with E-state index >= 15 is 0 Å². The smallest absolute Gasteiger partial charge is 0.197 e. The molecule has 2 aromatic carbocycles. The van der Waals surface area contributed by atoms with Gasteiger partial charge in [0, 0.05) is 23.3 Å². The average molecular weight is 263 g/mol. The molecule has 0 bridgehead atoms. The Kier molecular flexibility index (Phi) is 3.17. The van der Waals surface area contributed by atoms with Crippen LogP contribution in [0.2, 0.25) is 0 Å². The van der Waals surface area contributed by atoms with E-state index in [2.05, 4.69) is 4.98 Å². The van der Waals surface area contributed by atoms with Crippen molar-refractivity contribution in [1.29, 1.82) is 0 Å². The van der Waals surface area contributed by atoms with Crippen molar-refractivity contribution in [2.75, 3.05) is 7.11 Å². The second-order valence-corrected chi connectivity index (χ2v) is 4.43. The molecule has 98 valence electrons. The van der Waals surface area contributed by atoms with Crippen molar-refractivity contribution < 1.29 is 9.53 Å². The van der Waals surface area contributed by atoms with E-state index in [1.807, 2.05) is 36.4 Å². The molecule has 3 heteroatoms. The highest BCUT2D eigenvalue weighted by atomic mass is 16.5. The van der Waals surface area contributed by atoms with Crippen LogP contribution in [-0.4, -0.2) is 17.9 Å². The van der Waals surface area contributed by atoms with Gasteiger partial charge in [-0.15, -0.1) is 0 Å². The third-order valence-corrected chi connectivity index (χ3v) is 3.28. The topological polar surface area (TPSA) is 39.2 Å². The molecule has 0 saturated heterocycles. The summed E-state index contributed by atoms with van der Waals surface area (Å²) < 4.78 is 5.26. The van der Waals surface area contributed by atoms with Gasteiger partial charge in [-0.05, 0) is 23.6 Å². The lowest BCUT2D eigenvalue weighted by Gasteiger charge is -2.09. The van der Waals surface area contributed by atoms with Crippen LogP contribution in [-0.2, 0) is 0 Å². The van der Waals surface area contributed by atoms with E-state index in [-0.39, 0.29) is 5.78 Å². The van der Waals surface area contributed by atoms with Crippen LogP contribution in [0.1, 0.15) is 15.9 Å². The molecular weight excluding hydrogens is 250 g/mol. The van der Waals surface area contributed by atoms with Gasteiger partial charge in [0.1, 0.15) is 5.75 Å². The first-order chi connectivity index (χ1) is 9.81. The highest BCUT2D eigenvalue weighted by Gasteiger charge is 2.16. The van der Waals surface area contributed by atoms with Gasteiger partial charge in [0.15, 0.2) is 5.78 Å². The van der Waals surface area contributed by atoms with Crippen LogP contribution in [0.15, 0.2) is 60.9 Å². The standard InChI is InChI=1S/C17H13NO2/c1-20-16-8-3-2-6-14(16)17(19)13-7-4-5-12-9-10-18-11-15(12)13/h2-11H,1H3. The van der Waals surface area contributed by atoms with Gasteiger partial charge in [-0.25, -0.2) is 0 Å². The predicted octanol–water partition coefficient (Wildman–Crippen LogP) is 3.47. The quantitative estimate of drug-likeness (QED) is 0.679. The number of nitrogens with zero attached hydrogens (tertiary/aromatic N) is 1. The molecule has 3 nitrogen and oxygen atoms in total. The molecule has 0 fully saturated rings. The van der Waals surface area contributed by atoms with Gasteiger partial charge in [-0.2, -0.15) is 0 Å². The van der Waals surface area contributed by atoms with Gasteiger partial charge < -0.3 is 4.74 Å². The lowest BCUT2D eigenvalue weighted by atomic mass is 9.98. The maximum atomic E-state index is 12.7. The van der Waals surface area contributed by atoms with Crippen LogP contribution in [0.4, 0.5) is 0 Å². The zero-order valence-electron chi connectivity index (χ0n) is 11.0. The van der Waals surface area contributed by atoms with Crippen LogP contribution < -0.4 is 4.74 Å². The largest absolute Gasteiger partial charge is 0.496 e. The average Bonchev–Trinajstić information content (AvgIpc) is 2.53. The van der Waals surface area contributed by atoms with Crippen LogP contribution >= 0.6 is 0 Å². The number of rotatable bonds is 3. The normalized spacial score (nSPS) is 10.4. The van der Waals surface area contributed by atoms with Gasteiger partial charge in [-0.3, -0.25) is 9.78 Å². The lowest BCUT2D eigenvalue weighted by Crippen LogP contribution is -2.04. The molecule has 0 aliphatic rings. The number of para-hydroxylation sites is 1. The minimum absolute atomic E-state index is 0.0546. The first-order valence-electron chi connectivity index (χ1n) is 6.31. The zero-order valence-corrected chi connectivity index (χ0v) is 11.0. The summed E-state index contributed by atoms with van der Waals surface area (Å²) in [5, 5.41) is 1.85. The van der Waals surface area contributed by atoms with Gasteiger partial charge >= 0.3 is 0 Å². The van der Waals surface area contributed by atoms with E-state index in [9.17, 15) is 4.79 Å². The van der Waals surface area contributed by atoms with E-state index < -0.39 is 0 Å². The second-order valence-electron chi connectivity index (χ2n) is 4.43. The molecule has 0 aliphatic carbocycles. The number of hydrogen-bond donors (Lipinski definition) is 0. The van der Waals surface area contributed by atoms with Crippen molar-refractivity contribution in [1.82, 2.24) is 4.98 Å². The van der Waals surface area contributed by atoms with Crippen molar-refractivity contribution >= 4 is 16.6 Å². The monoisotopic (exact) mass is 263 g/mol. The Bertz CT molecular complexity index is 775. The first kappa shape index (κ1) is 12.4. The Morgan fingerprint density at radius 3 is 2.65 bits per heavy atom. The summed E-state index contributed by atoms with van der Waals surface area (Å²) in [5.74, 6) is 0.527. The number of pyridine rings is 1. The fourth-order valence-corrected chi connectivity index (χ4v) is 2.29. The molecule has 0 N–H and O–H groups in total. The number of ether oxygens (including phenoxy) is 1. The Labute approximate surface area is 116 Å². The molecule has 0 unspecified atom stereocenters. The summed E-state index contributed by atoms with van der Waals surface area (Å²) in [6.07, 6.45) is 3.44. The fraction of sp³-hybridized carbons (Fsp3) is 0.0588. The van der Waals surface area contributed by atoms with Crippen molar-refractivity contribution in [2.45, 2.75) is 0 Å². The van der Waals surface area contributed by atoms with Gasteiger partial charge in [0.05, 0.1) is 12.7 Å². The number of benzene rings is 2. The summed E-state index contributed by atoms with van der Waals surface area (Å²) in [5.41, 5.74) is 1.20. The van der Waals surface area contributed by atoms with E-state index in [1.54, 1.807) is 31.6 Å². The highest BCUT2D eigenvalue weighted by molar-refractivity contribution is 6.17. The Hall–Kier alpha value is -2.68. The summed E-state index contributed by atoms with van der Waals surface area (Å²) in [4.78, 5) is 16.8. The fourth-order valence-electron chi connectivity index (χ4n) is 2.29. The summed E-state index contributed by atoms with van der Waals surface area (Å²) in [7, 11) is 1.57. The number of methoxy groups -OCH3 is 1. The Morgan fingerprint density at radius 1 is 1.00 bits per heavy atom. The first-order valence-corrected chi connectivity index (χ1v) is 6.31. The van der Waals surface area contributed by atoms with Crippen LogP contribution in [0.5, 0.6) is 5.75 Å². The third kappa shape index (κ3) is 2.03. The highest BCUT2D eigenvalue weighted by Crippen LogP contribution is 2.25. The number of ketones is 1. The van der Waals surface area contributed by atoms with Crippen LogP contribution in [0, 0.1) is 0 Å². The molecule has 0 aliphatic heterocycles. The lowest BCUT2D eigenvalue weighted by molar-refractivity contribution is 0.103. The molecule has 0 saturated carbocycles.